The second-order valence-corrected chi connectivity index (χ2v) is 11.9. The van der Waals surface area contributed by atoms with Gasteiger partial charge in [0.1, 0.15) is 0 Å². The molecule has 33 heavy (non-hydrogen) atoms. The Morgan fingerprint density at radius 3 is 1.97 bits per heavy atom. The molecule has 0 fully saturated rings. The van der Waals surface area contributed by atoms with Crippen LogP contribution in [0.15, 0.2) is 87.3 Å². The van der Waals surface area contributed by atoms with Gasteiger partial charge in [0.2, 0.25) is 0 Å². The molecule has 3 aromatic carbocycles. The third-order valence-corrected chi connectivity index (χ3v) is 10.5. The summed E-state index contributed by atoms with van der Waals surface area (Å²) in [4.78, 5) is 0. The summed E-state index contributed by atoms with van der Waals surface area (Å²) in [6.07, 6.45) is 0. The quantitative estimate of drug-likeness (QED) is 0.348. The summed E-state index contributed by atoms with van der Waals surface area (Å²) in [5, 5.41) is 0. The first-order chi connectivity index (χ1) is 15.6. The van der Waals surface area contributed by atoms with Gasteiger partial charge >= 0.3 is 209 Å². The standard InChI is InChI=1S/C21H18O.C10H15.Ti/c1-21(2)18-9-5-3-8-16(18)17-12-11-14(13-19(17)21)15-7-4-6-10-20(15)22;1-7-6-10(4,5)9(3)8(7)2;/h3-13,22H,1-2H3;1-5H3;/q;;+1/p-1. The van der Waals surface area contributed by atoms with E-state index in [0.717, 1.165) is 5.75 Å². The Kier molecular flexibility index (Phi) is 5.35. The second-order valence-electron chi connectivity index (χ2n) is 10.5. The molecule has 3 aromatic rings. The van der Waals surface area contributed by atoms with E-state index >= 15 is 0 Å². The van der Waals surface area contributed by atoms with Crippen LogP contribution in [0.4, 0.5) is 0 Å². The van der Waals surface area contributed by atoms with Gasteiger partial charge in [-0.15, -0.1) is 0 Å². The van der Waals surface area contributed by atoms with Crippen molar-refractivity contribution in [3.63, 3.8) is 0 Å². The van der Waals surface area contributed by atoms with Gasteiger partial charge in [-0.05, 0) is 0 Å². The van der Waals surface area contributed by atoms with Crippen LogP contribution in [0.1, 0.15) is 59.6 Å². The first-order valence-electron chi connectivity index (χ1n) is 11.8. The van der Waals surface area contributed by atoms with Gasteiger partial charge in [0.05, 0.1) is 0 Å². The van der Waals surface area contributed by atoms with E-state index in [0.29, 0.717) is 0 Å². The van der Waals surface area contributed by atoms with Crippen LogP contribution in [0, 0.1) is 5.41 Å². The van der Waals surface area contributed by atoms with Crippen LogP contribution in [0.25, 0.3) is 22.3 Å². The van der Waals surface area contributed by atoms with E-state index in [9.17, 15) is 0 Å². The molecule has 0 aliphatic heterocycles. The van der Waals surface area contributed by atoms with E-state index in [4.69, 9.17) is 3.32 Å². The van der Waals surface area contributed by atoms with Crippen molar-refractivity contribution in [3.05, 3.63) is 98.5 Å². The van der Waals surface area contributed by atoms with Crippen LogP contribution in [-0.2, 0) is 25.0 Å². The average Bonchev–Trinajstić information content (AvgIpc) is 3.12. The maximum absolute atomic E-state index is 6.65. The van der Waals surface area contributed by atoms with Crippen molar-refractivity contribution in [2.75, 3.05) is 0 Å². The number of allylic oxidation sites excluding steroid dienone is 4. The first-order valence-corrected chi connectivity index (χ1v) is 13.2. The van der Waals surface area contributed by atoms with Crippen molar-refractivity contribution in [1.82, 2.24) is 0 Å². The average molecular weight is 468 g/mol. The van der Waals surface area contributed by atoms with Gasteiger partial charge < -0.3 is 0 Å². The van der Waals surface area contributed by atoms with E-state index in [2.05, 4.69) is 115 Å². The first kappa shape index (κ1) is 22.4. The molecule has 0 saturated heterocycles. The molecule has 166 valence electrons. The summed E-state index contributed by atoms with van der Waals surface area (Å²) in [5.41, 5.74) is 12.4. The van der Waals surface area contributed by atoms with Gasteiger partial charge in [-0.1, -0.05) is 0 Å². The molecule has 0 bridgehead atoms. The molecular weight excluding hydrogens is 436 g/mol. The number of hydrogen-bond donors (Lipinski definition) is 0. The van der Waals surface area contributed by atoms with Crippen molar-refractivity contribution >= 4 is 0 Å². The van der Waals surface area contributed by atoms with Gasteiger partial charge in [-0.25, -0.2) is 0 Å². The fourth-order valence-corrected chi connectivity index (χ4v) is 7.40. The topological polar surface area (TPSA) is 9.23 Å². The van der Waals surface area contributed by atoms with Crippen molar-refractivity contribution < 1.29 is 22.9 Å². The van der Waals surface area contributed by atoms with Crippen LogP contribution in [0.5, 0.6) is 5.75 Å². The van der Waals surface area contributed by atoms with E-state index in [1.807, 2.05) is 0 Å². The predicted molar refractivity (Wildman–Crippen MR) is 135 cm³/mol. The zero-order valence-corrected chi connectivity index (χ0v) is 22.3. The van der Waals surface area contributed by atoms with E-state index in [1.165, 1.54) is 54.0 Å². The molecule has 0 heterocycles. The SMILES string of the molecule is CC1=C(C)C(C)(C)[C]([Ti][O]c2ccccc2-c2ccc3c(c2)C(C)(C)c2ccccc2-3)=C1C. The maximum atomic E-state index is 6.65. The Bertz CT molecular complexity index is 1340. The molecule has 1 nitrogen and oxygen atoms in total. The van der Waals surface area contributed by atoms with Crippen molar-refractivity contribution in [2.24, 2.45) is 5.41 Å². The van der Waals surface area contributed by atoms with E-state index in [1.54, 1.807) is 0 Å². The van der Waals surface area contributed by atoms with Crippen molar-refractivity contribution in [2.45, 2.75) is 53.9 Å². The molecule has 0 aromatic heterocycles. The monoisotopic (exact) mass is 468 g/mol. The molecule has 0 radical (unpaired) electrons. The fraction of sp³-hybridized carbons (Fsp3) is 0.290. The summed E-state index contributed by atoms with van der Waals surface area (Å²) in [6.45, 7) is 16.2. The molecule has 0 spiro atoms. The second kappa shape index (κ2) is 7.86. The Hall–Kier alpha value is -2.35. The summed E-state index contributed by atoms with van der Waals surface area (Å²) in [7, 11) is 0. The van der Waals surface area contributed by atoms with Gasteiger partial charge in [-0.3, -0.25) is 0 Å². The van der Waals surface area contributed by atoms with Crippen LogP contribution in [0.2, 0.25) is 0 Å². The molecule has 0 saturated carbocycles. The van der Waals surface area contributed by atoms with E-state index in [-0.39, 0.29) is 10.8 Å². The molecular formula is C31H32OTi. The normalized spacial score (nSPS) is 17.8. The summed E-state index contributed by atoms with van der Waals surface area (Å²) < 4.78 is 8.16. The van der Waals surface area contributed by atoms with Crippen LogP contribution in [-0.4, -0.2) is 0 Å². The molecule has 0 unspecified atom stereocenters. The van der Waals surface area contributed by atoms with Crippen LogP contribution < -0.4 is 3.32 Å². The predicted octanol–water partition coefficient (Wildman–Crippen LogP) is 8.69. The Labute approximate surface area is 208 Å². The van der Waals surface area contributed by atoms with Gasteiger partial charge in [0, 0.05) is 0 Å². The van der Waals surface area contributed by atoms with Gasteiger partial charge in [0.25, 0.3) is 0 Å². The number of benzene rings is 3. The van der Waals surface area contributed by atoms with Crippen LogP contribution >= 0.6 is 0 Å². The fourth-order valence-electron chi connectivity index (χ4n) is 5.57. The Morgan fingerprint density at radius 2 is 1.27 bits per heavy atom. The summed E-state index contributed by atoms with van der Waals surface area (Å²) >= 11 is -0.739. The molecule has 2 heteroatoms. The zero-order chi connectivity index (χ0) is 23.5. The van der Waals surface area contributed by atoms with E-state index < -0.39 is 19.5 Å². The minimum absolute atomic E-state index is 0.00211. The van der Waals surface area contributed by atoms with Crippen molar-refractivity contribution in [3.8, 4) is 28.0 Å². The summed E-state index contributed by atoms with van der Waals surface area (Å²) in [6, 6.07) is 24.3. The molecule has 0 atom stereocenters. The van der Waals surface area contributed by atoms with Crippen LogP contribution in [0.3, 0.4) is 0 Å². The third-order valence-electron chi connectivity index (χ3n) is 8.11. The Balaban J connectivity index is 1.50. The number of rotatable bonds is 4. The summed E-state index contributed by atoms with van der Waals surface area (Å²) in [5.74, 6) is 1.00. The molecule has 2 aliphatic carbocycles. The Morgan fingerprint density at radius 1 is 0.636 bits per heavy atom. The third kappa shape index (κ3) is 3.40. The molecule has 0 N–H and O–H groups in total. The minimum atomic E-state index is -0.739. The van der Waals surface area contributed by atoms with Crippen molar-refractivity contribution in [1.29, 1.82) is 0 Å². The number of hydrogen-bond acceptors (Lipinski definition) is 1. The number of fused-ring (bicyclic) bond motifs is 3. The molecule has 0 amide bonds. The van der Waals surface area contributed by atoms with Gasteiger partial charge in [-0.2, -0.15) is 0 Å². The molecule has 2 aliphatic rings. The number of para-hydroxylation sites is 1. The molecule has 5 rings (SSSR count). The zero-order valence-electron chi connectivity index (χ0n) is 20.8. The van der Waals surface area contributed by atoms with Gasteiger partial charge in [0.15, 0.2) is 0 Å².